The van der Waals surface area contributed by atoms with Gasteiger partial charge < -0.3 is 5.73 Å². The maximum absolute atomic E-state index is 6.11. The highest BCUT2D eigenvalue weighted by Gasteiger charge is 2.15. The highest BCUT2D eigenvalue weighted by Crippen LogP contribution is 2.29. The molecular weight excluding hydrogens is 230 g/mol. The number of hydrogen-bond acceptors (Lipinski definition) is 1. The van der Waals surface area contributed by atoms with Crippen molar-refractivity contribution in [3.63, 3.8) is 0 Å². The molecule has 2 rings (SSSR count). The SMILES string of the molecule is C/C=C\C=C/C/C=C(\N)C1=CC(C2=CC=CC2)C=C1. The normalized spacial score (nSPS) is 22.8. The van der Waals surface area contributed by atoms with E-state index < -0.39 is 0 Å². The van der Waals surface area contributed by atoms with Gasteiger partial charge in [-0.05, 0) is 25.3 Å². The second kappa shape index (κ2) is 6.79. The van der Waals surface area contributed by atoms with Gasteiger partial charge in [0.1, 0.15) is 0 Å². The van der Waals surface area contributed by atoms with E-state index in [1.807, 2.05) is 25.2 Å². The molecule has 0 aromatic heterocycles. The molecule has 0 spiro atoms. The van der Waals surface area contributed by atoms with E-state index in [2.05, 4.69) is 48.6 Å². The van der Waals surface area contributed by atoms with Crippen molar-refractivity contribution >= 4 is 0 Å². The first kappa shape index (κ1) is 13.4. The molecule has 98 valence electrons. The molecule has 0 saturated carbocycles. The molecule has 1 unspecified atom stereocenters. The summed E-state index contributed by atoms with van der Waals surface area (Å²) in [5.41, 5.74) is 9.58. The zero-order valence-corrected chi connectivity index (χ0v) is 11.4. The zero-order chi connectivity index (χ0) is 13.5. The second-order valence-electron chi connectivity index (χ2n) is 4.73. The Morgan fingerprint density at radius 1 is 1.42 bits per heavy atom. The van der Waals surface area contributed by atoms with Crippen molar-refractivity contribution in [3.8, 4) is 0 Å². The summed E-state index contributed by atoms with van der Waals surface area (Å²) in [6.07, 6.45) is 25.3. The molecule has 0 amide bonds. The minimum absolute atomic E-state index is 0.426. The zero-order valence-electron chi connectivity index (χ0n) is 11.4. The van der Waals surface area contributed by atoms with Crippen LogP contribution >= 0.6 is 0 Å². The van der Waals surface area contributed by atoms with E-state index in [1.165, 1.54) is 5.57 Å². The molecule has 2 N–H and O–H groups in total. The van der Waals surface area contributed by atoms with E-state index in [0.717, 1.165) is 24.1 Å². The van der Waals surface area contributed by atoms with Gasteiger partial charge in [0, 0.05) is 11.6 Å². The molecule has 0 aromatic carbocycles. The average Bonchev–Trinajstić information content (AvgIpc) is 3.08. The standard InChI is InChI=1S/C18H21N/c1-2-3-4-5-6-11-18(19)17-13-12-16(14-17)15-9-7-8-10-15/h2-5,7-9,11-14,16H,6,10,19H2,1H3/b3-2-,5-4-,18-11-. The highest BCUT2D eigenvalue weighted by atomic mass is 14.6. The molecule has 0 aliphatic heterocycles. The molecule has 0 saturated heterocycles. The summed E-state index contributed by atoms with van der Waals surface area (Å²) in [5, 5.41) is 0. The van der Waals surface area contributed by atoms with E-state index in [1.54, 1.807) is 0 Å². The Morgan fingerprint density at radius 3 is 3.05 bits per heavy atom. The number of rotatable bonds is 5. The first-order chi connectivity index (χ1) is 9.31. The summed E-state index contributed by atoms with van der Waals surface area (Å²) in [6.45, 7) is 2.01. The lowest BCUT2D eigenvalue weighted by Crippen LogP contribution is -1.99. The predicted octanol–water partition coefficient (Wildman–Crippen LogP) is 4.35. The molecule has 1 heteroatoms. The van der Waals surface area contributed by atoms with Gasteiger partial charge in [0.2, 0.25) is 0 Å². The first-order valence-electron chi connectivity index (χ1n) is 6.80. The van der Waals surface area contributed by atoms with Gasteiger partial charge in [-0.15, -0.1) is 0 Å². The molecule has 1 nitrogen and oxygen atoms in total. The third-order valence-corrected chi connectivity index (χ3v) is 3.32. The molecule has 2 aliphatic rings. The quantitative estimate of drug-likeness (QED) is 0.722. The largest absolute Gasteiger partial charge is 0.399 e. The van der Waals surface area contributed by atoms with Crippen molar-refractivity contribution in [1.29, 1.82) is 0 Å². The fourth-order valence-corrected chi connectivity index (χ4v) is 2.23. The lowest BCUT2D eigenvalue weighted by atomic mass is 9.99. The van der Waals surface area contributed by atoms with Crippen LogP contribution in [0.3, 0.4) is 0 Å². The third kappa shape index (κ3) is 3.72. The summed E-state index contributed by atoms with van der Waals surface area (Å²) in [4.78, 5) is 0. The number of hydrogen-bond donors (Lipinski definition) is 1. The van der Waals surface area contributed by atoms with Crippen molar-refractivity contribution in [2.45, 2.75) is 19.8 Å². The Bertz CT molecular complexity index is 522. The summed E-state index contributed by atoms with van der Waals surface area (Å²) in [5.74, 6) is 0.426. The van der Waals surface area contributed by atoms with Gasteiger partial charge in [0.25, 0.3) is 0 Å². The van der Waals surface area contributed by atoms with Crippen LogP contribution in [-0.2, 0) is 0 Å². The van der Waals surface area contributed by atoms with Crippen molar-refractivity contribution in [2.75, 3.05) is 0 Å². The van der Waals surface area contributed by atoms with E-state index >= 15 is 0 Å². The fourth-order valence-electron chi connectivity index (χ4n) is 2.23. The molecule has 0 aromatic rings. The Balaban J connectivity index is 1.93. The molecule has 0 bridgehead atoms. The van der Waals surface area contributed by atoms with Crippen LogP contribution in [0.2, 0.25) is 0 Å². The van der Waals surface area contributed by atoms with Gasteiger partial charge in [-0.25, -0.2) is 0 Å². The summed E-state index contributed by atoms with van der Waals surface area (Å²) in [6, 6.07) is 0. The van der Waals surface area contributed by atoms with Gasteiger partial charge in [-0.3, -0.25) is 0 Å². The van der Waals surface area contributed by atoms with Crippen LogP contribution < -0.4 is 5.73 Å². The van der Waals surface area contributed by atoms with Crippen molar-refractivity contribution in [3.05, 3.63) is 83.7 Å². The minimum Gasteiger partial charge on any atom is -0.399 e. The number of nitrogens with two attached hydrogens (primary N) is 1. The van der Waals surface area contributed by atoms with Gasteiger partial charge >= 0.3 is 0 Å². The fraction of sp³-hybridized carbons (Fsp3) is 0.222. The molecule has 0 fully saturated rings. The first-order valence-corrected chi connectivity index (χ1v) is 6.80. The Morgan fingerprint density at radius 2 is 2.32 bits per heavy atom. The third-order valence-electron chi connectivity index (χ3n) is 3.32. The van der Waals surface area contributed by atoms with Crippen LogP contribution in [-0.4, -0.2) is 0 Å². The van der Waals surface area contributed by atoms with Gasteiger partial charge in [-0.2, -0.15) is 0 Å². The maximum atomic E-state index is 6.11. The lowest BCUT2D eigenvalue weighted by Gasteiger charge is -2.05. The van der Waals surface area contributed by atoms with Gasteiger partial charge in [-0.1, -0.05) is 72.4 Å². The topological polar surface area (TPSA) is 26.0 Å². The molecular formula is C18H21N. The lowest BCUT2D eigenvalue weighted by molar-refractivity contribution is 0.945. The highest BCUT2D eigenvalue weighted by molar-refractivity contribution is 5.47. The maximum Gasteiger partial charge on any atom is 0.0347 e. The number of allylic oxidation sites excluding steroid dienone is 12. The van der Waals surface area contributed by atoms with E-state index in [9.17, 15) is 0 Å². The van der Waals surface area contributed by atoms with Crippen molar-refractivity contribution in [1.82, 2.24) is 0 Å². The monoisotopic (exact) mass is 251 g/mol. The second-order valence-corrected chi connectivity index (χ2v) is 4.73. The average molecular weight is 251 g/mol. The smallest absolute Gasteiger partial charge is 0.0347 e. The van der Waals surface area contributed by atoms with Crippen molar-refractivity contribution < 1.29 is 0 Å². The van der Waals surface area contributed by atoms with Crippen molar-refractivity contribution in [2.24, 2.45) is 11.7 Å². The molecule has 2 aliphatic carbocycles. The summed E-state index contributed by atoms with van der Waals surface area (Å²) >= 11 is 0. The molecule has 0 heterocycles. The predicted molar refractivity (Wildman–Crippen MR) is 83.4 cm³/mol. The van der Waals surface area contributed by atoms with Crippen LogP contribution in [0.5, 0.6) is 0 Å². The van der Waals surface area contributed by atoms with Crippen LogP contribution in [0.4, 0.5) is 0 Å². The van der Waals surface area contributed by atoms with E-state index in [0.29, 0.717) is 5.92 Å². The molecule has 0 radical (unpaired) electrons. The van der Waals surface area contributed by atoms with Gasteiger partial charge in [0.05, 0.1) is 0 Å². The van der Waals surface area contributed by atoms with Crippen LogP contribution in [0, 0.1) is 5.92 Å². The van der Waals surface area contributed by atoms with Crippen LogP contribution in [0.15, 0.2) is 83.7 Å². The van der Waals surface area contributed by atoms with E-state index in [-0.39, 0.29) is 0 Å². The van der Waals surface area contributed by atoms with Crippen LogP contribution in [0.25, 0.3) is 0 Å². The Hall–Kier alpha value is -2.02. The summed E-state index contributed by atoms with van der Waals surface area (Å²) < 4.78 is 0. The van der Waals surface area contributed by atoms with Crippen LogP contribution in [0.1, 0.15) is 19.8 Å². The summed E-state index contributed by atoms with van der Waals surface area (Å²) in [7, 11) is 0. The van der Waals surface area contributed by atoms with Gasteiger partial charge in [0.15, 0.2) is 0 Å². The molecule has 1 atom stereocenters. The Labute approximate surface area is 115 Å². The Kier molecular flexibility index (Phi) is 4.79. The minimum atomic E-state index is 0.426. The molecule has 19 heavy (non-hydrogen) atoms. The van der Waals surface area contributed by atoms with E-state index in [4.69, 9.17) is 5.73 Å².